The number of rotatable bonds is 5. The van der Waals surface area contributed by atoms with Crippen LogP contribution >= 0.6 is 11.6 Å². The quantitative estimate of drug-likeness (QED) is 0.674. The van der Waals surface area contributed by atoms with Crippen molar-refractivity contribution in [2.45, 2.75) is 50.9 Å². The summed E-state index contributed by atoms with van der Waals surface area (Å²) in [6.45, 7) is 4.57. The van der Waals surface area contributed by atoms with Crippen molar-refractivity contribution in [2.75, 3.05) is 19.7 Å². The Morgan fingerprint density at radius 1 is 1.11 bits per heavy atom. The number of benzene rings is 2. The SMILES string of the molecule is CCC(C)NC(=O)C1COC2(CCN(C(=O)c3ccc(Cl)cc3)CC2)N1C(=O)c1cccc(F)c1. The van der Waals surface area contributed by atoms with Gasteiger partial charge in [-0.2, -0.15) is 0 Å². The van der Waals surface area contributed by atoms with Crippen LogP contribution in [0, 0.1) is 5.82 Å². The normalized spacial score (nSPS) is 20.1. The minimum Gasteiger partial charge on any atom is -0.353 e. The fraction of sp³-hybridized carbons (Fsp3) is 0.423. The Kier molecular flexibility index (Phi) is 7.42. The first-order valence-corrected chi connectivity index (χ1v) is 12.2. The molecule has 2 saturated heterocycles. The van der Waals surface area contributed by atoms with Crippen LogP contribution in [0.4, 0.5) is 4.39 Å². The zero-order valence-corrected chi connectivity index (χ0v) is 20.6. The van der Waals surface area contributed by atoms with Gasteiger partial charge in [0.15, 0.2) is 0 Å². The molecule has 2 heterocycles. The van der Waals surface area contributed by atoms with E-state index in [1.165, 1.54) is 23.1 Å². The van der Waals surface area contributed by atoms with E-state index in [4.69, 9.17) is 16.3 Å². The summed E-state index contributed by atoms with van der Waals surface area (Å²) in [5.74, 6) is -1.44. The molecule has 2 atom stereocenters. The van der Waals surface area contributed by atoms with Gasteiger partial charge in [0.2, 0.25) is 5.91 Å². The average Bonchev–Trinajstić information content (AvgIpc) is 3.22. The third kappa shape index (κ3) is 5.18. The highest BCUT2D eigenvalue weighted by Crippen LogP contribution is 2.39. The monoisotopic (exact) mass is 501 g/mol. The molecule has 186 valence electrons. The number of hydrogen-bond acceptors (Lipinski definition) is 4. The van der Waals surface area contributed by atoms with E-state index in [0.717, 1.165) is 12.5 Å². The van der Waals surface area contributed by atoms with Gasteiger partial charge in [0, 0.05) is 48.1 Å². The molecular formula is C26H29ClFN3O4. The van der Waals surface area contributed by atoms with E-state index in [2.05, 4.69) is 5.32 Å². The third-order valence-corrected chi connectivity index (χ3v) is 7.03. The molecule has 3 amide bonds. The van der Waals surface area contributed by atoms with Gasteiger partial charge in [0.25, 0.3) is 11.8 Å². The Labute approximate surface area is 209 Å². The average molecular weight is 502 g/mol. The molecule has 2 aromatic rings. The Bertz CT molecular complexity index is 1100. The topological polar surface area (TPSA) is 79.0 Å². The molecule has 0 aromatic heterocycles. The molecular weight excluding hydrogens is 473 g/mol. The van der Waals surface area contributed by atoms with E-state index in [1.807, 2.05) is 13.8 Å². The van der Waals surface area contributed by atoms with Crippen LogP contribution in [-0.2, 0) is 9.53 Å². The maximum absolute atomic E-state index is 13.9. The molecule has 9 heteroatoms. The first kappa shape index (κ1) is 25.1. The third-order valence-electron chi connectivity index (χ3n) is 6.78. The van der Waals surface area contributed by atoms with Crippen molar-refractivity contribution in [3.8, 4) is 0 Å². The Balaban J connectivity index is 1.57. The molecule has 35 heavy (non-hydrogen) atoms. The molecule has 4 rings (SSSR count). The standard InChI is InChI=1S/C26H29ClFN3O4/c1-3-17(2)29-23(32)22-16-35-26(31(22)25(34)19-5-4-6-21(28)15-19)11-13-30(14-12-26)24(33)18-7-9-20(27)10-8-18/h4-10,15,17,22H,3,11-14,16H2,1-2H3,(H,29,32). The summed E-state index contributed by atoms with van der Waals surface area (Å²) in [6, 6.07) is 11.2. The van der Waals surface area contributed by atoms with Gasteiger partial charge in [0.1, 0.15) is 17.6 Å². The second kappa shape index (κ2) is 10.3. The highest BCUT2D eigenvalue weighted by atomic mass is 35.5. The number of amides is 3. The summed E-state index contributed by atoms with van der Waals surface area (Å²) in [5.41, 5.74) is -0.385. The van der Waals surface area contributed by atoms with Crippen molar-refractivity contribution in [2.24, 2.45) is 0 Å². The van der Waals surface area contributed by atoms with Crippen molar-refractivity contribution in [1.82, 2.24) is 15.1 Å². The first-order valence-electron chi connectivity index (χ1n) is 11.8. The lowest BCUT2D eigenvalue weighted by molar-refractivity contribution is -0.128. The van der Waals surface area contributed by atoms with Crippen LogP contribution < -0.4 is 5.32 Å². The number of likely N-dealkylation sites (tertiary alicyclic amines) is 1. The summed E-state index contributed by atoms with van der Waals surface area (Å²) >= 11 is 5.93. The lowest BCUT2D eigenvalue weighted by Gasteiger charge is -2.44. The van der Waals surface area contributed by atoms with Gasteiger partial charge < -0.3 is 15.0 Å². The van der Waals surface area contributed by atoms with Crippen LogP contribution in [0.25, 0.3) is 0 Å². The summed E-state index contributed by atoms with van der Waals surface area (Å²) in [7, 11) is 0. The number of nitrogens with one attached hydrogen (secondary N) is 1. The van der Waals surface area contributed by atoms with Crippen molar-refractivity contribution in [3.05, 3.63) is 70.5 Å². The van der Waals surface area contributed by atoms with E-state index in [1.54, 1.807) is 29.2 Å². The molecule has 0 aliphatic carbocycles. The second-order valence-corrected chi connectivity index (χ2v) is 9.51. The maximum atomic E-state index is 13.9. The van der Waals surface area contributed by atoms with E-state index in [9.17, 15) is 18.8 Å². The Morgan fingerprint density at radius 3 is 2.43 bits per heavy atom. The first-order chi connectivity index (χ1) is 16.7. The van der Waals surface area contributed by atoms with Crippen molar-refractivity contribution in [1.29, 1.82) is 0 Å². The number of hydrogen-bond donors (Lipinski definition) is 1. The molecule has 7 nitrogen and oxygen atoms in total. The van der Waals surface area contributed by atoms with Crippen LogP contribution in [0.2, 0.25) is 5.02 Å². The number of nitrogens with zero attached hydrogens (tertiary/aromatic N) is 2. The van der Waals surface area contributed by atoms with Crippen LogP contribution in [0.1, 0.15) is 53.8 Å². The summed E-state index contributed by atoms with van der Waals surface area (Å²) < 4.78 is 20.1. The van der Waals surface area contributed by atoms with Crippen LogP contribution in [0.5, 0.6) is 0 Å². The van der Waals surface area contributed by atoms with Gasteiger partial charge in [-0.15, -0.1) is 0 Å². The number of ether oxygens (including phenoxy) is 1. The summed E-state index contributed by atoms with van der Waals surface area (Å²) in [4.78, 5) is 42.9. The molecule has 0 bridgehead atoms. The van der Waals surface area contributed by atoms with Crippen LogP contribution in [0.15, 0.2) is 48.5 Å². The van der Waals surface area contributed by atoms with Gasteiger partial charge in [-0.3, -0.25) is 19.3 Å². The number of carbonyl (C=O) groups is 3. The van der Waals surface area contributed by atoms with Gasteiger partial charge in [-0.05, 0) is 55.8 Å². The van der Waals surface area contributed by atoms with E-state index >= 15 is 0 Å². The van der Waals surface area contributed by atoms with Crippen LogP contribution in [0.3, 0.4) is 0 Å². The van der Waals surface area contributed by atoms with Gasteiger partial charge in [-0.25, -0.2) is 4.39 Å². The van der Waals surface area contributed by atoms with Crippen molar-refractivity contribution >= 4 is 29.3 Å². The van der Waals surface area contributed by atoms with E-state index in [-0.39, 0.29) is 30.0 Å². The van der Waals surface area contributed by atoms with Gasteiger partial charge in [-0.1, -0.05) is 24.6 Å². The molecule has 0 saturated carbocycles. The minimum atomic E-state index is -1.06. The molecule has 2 unspecified atom stereocenters. The summed E-state index contributed by atoms with van der Waals surface area (Å²) in [6.07, 6.45) is 1.41. The zero-order valence-electron chi connectivity index (χ0n) is 19.8. The zero-order chi connectivity index (χ0) is 25.2. The highest BCUT2D eigenvalue weighted by Gasteiger charge is 2.54. The van der Waals surface area contributed by atoms with E-state index in [0.29, 0.717) is 36.5 Å². The van der Waals surface area contributed by atoms with Gasteiger partial charge >= 0.3 is 0 Å². The largest absolute Gasteiger partial charge is 0.353 e. The maximum Gasteiger partial charge on any atom is 0.256 e. The molecule has 1 N–H and O–H groups in total. The fourth-order valence-electron chi connectivity index (χ4n) is 4.60. The number of halogens is 2. The van der Waals surface area contributed by atoms with Crippen molar-refractivity contribution < 1.29 is 23.5 Å². The Hall–Kier alpha value is -2.97. The lowest BCUT2D eigenvalue weighted by atomic mass is 9.96. The molecule has 2 fully saturated rings. The smallest absolute Gasteiger partial charge is 0.256 e. The summed E-state index contributed by atoms with van der Waals surface area (Å²) in [5, 5.41) is 3.48. The van der Waals surface area contributed by atoms with Crippen LogP contribution in [-0.4, -0.2) is 65.0 Å². The molecule has 1 spiro atoms. The van der Waals surface area contributed by atoms with E-state index < -0.39 is 23.5 Å². The molecule has 2 aliphatic heterocycles. The number of carbonyl (C=O) groups excluding carboxylic acids is 3. The van der Waals surface area contributed by atoms with Gasteiger partial charge in [0.05, 0.1) is 6.61 Å². The number of piperidine rings is 1. The minimum absolute atomic E-state index is 0.0362. The molecule has 2 aliphatic rings. The lowest BCUT2D eigenvalue weighted by Crippen LogP contribution is -2.60. The molecule has 2 aromatic carbocycles. The predicted molar refractivity (Wildman–Crippen MR) is 130 cm³/mol. The van der Waals surface area contributed by atoms with Crippen molar-refractivity contribution in [3.63, 3.8) is 0 Å². The molecule has 0 radical (unpaired) electrons. The fourth-order valence-corrected chi connectivity index (χ4v) is 4.73. The predicted octanol–water partition coefficient (Wildman–Crippen LogP) is 3.87. The highest BCUT2D eigenvalue weighted by molar-refractivity contribution is 6.30. The second-order valence-electron chi connectivity index (χ2n) is 9.08. The Morgan fingerprint density at radius 2 is 1.80 bits per heavy atom.